The Balaban J connectivity index is 1.67. The van der Waals surface area contributed by atoms with Crippen LogP contribution < -0.4 is 5.32 Å². The van der Waals surface area contributed by atoms with Gasteiger partial charge in [-0.2, -0.15) is 0 Å². The van der Waals surface area contributed by atoms with Crippen molar-refractivity contribution in [2.45, 2.75) is 51.0 Å². The number of hydrogen-bond donors (Lipinski definition) is 2. The summed E-state index contributed by atoms with van der Waals surface area (Å²) in [5.74, 6) is 1.22. The number of carbonyl (C=O) groups excluding carboxylic acids is 1. The highest BCUT2D eigenvalue weighted by molar-refractivity contribution is 5.76. The van der Waals surface area contributed by atoms with Gasteiger partial charge in [-0.15, -0.1) is 0 Å². The molecule has 0 aromatic rings. The molecule has 0 aromatic heterocycles. The number of likely N-dealkylation sites (tertiary alicyclic amines) is 1. The topological polar surface area (TPSA) is 52.6 Å². The first-order valence-corrected chi connectivity index (χ1v) is 7.76. The molecule has 1 unspecified atom stereocenters. The second-order valence-electron chi connectivity index (χ2n) is 6.44. The molecule has 1 saturated carbocycles. The lowest BCUT2D eigenvalue weighted by molar-refractivity contribution is -0.123. The van der Waals surface area contributed by atoms with Gasteiger partial charge in [0.2, 0.25) is 5.91 Å². The van der Waals surface area contributed by atoms with E-state index in [0.29, 0.717) is 30.9 Å². The van der Waals surface area contributed by atoms with Gasteiger partial charge in [-0.1, -0.05) is 0 Å². The maximum absolute atomic E-state index is 12.1. The summed E-state index contributed by atoms with van der Waals surface area (Å²) in [7, 11) is 2.14. The van der Waals surface area contributed by atoms with Crippen molar-refractivity contribution in [3.05, 3.63) is 0 Å². The van der Waals surface area contributed by atoms with Gasteiger partial charge in [0, 0.05) is 25.6 Å². The first kappa shape index (κ1) is 14.8. The molecule has 2 aliphatic rings. The summed E-state index contributed by atoms with van der Waals surface area (Å²) in [4.78, 5) is 14.4. The third-order valence-corrected chi connectivity index (χ3v) is 4.67. The van der Waals surface area contributed by atoms with Crippen molar-refractivity contribution >= 4 is 5.91 Å². The molecule has 4 nitrogen and oxygen atoms in total. The van der Waals surface area contributed by atoms with Crippen molar-refractivity contribution in [2.75, 3.05) is 26.7 Å². The van der Waals surface area contributed by atoms with Crippen LogP contribution in [0.15, 0.2) is 0 Å². The lowest BCUT2D eigenvalue weighted by Crippen LogP contribution is -2.40. The highest BCUT2D eigenvalue weighted by atomic mass is 16.3. The molecule has 0 aromatic carbocycles. The van der Waals surface area contributed by atoms with Gasteiger partial charge < -0.3 is 15.3 Å². The van der Waals surface area contributed by atoms with Gasteiger partial charge in [0.1, 0.15) is 0 Å². The van der Waals surface area contributed by atoms with E-state index < -0.39 is 0 Å². The molecule has 1 amide bonds. The average molecular weight is 268 g/mol. The fourth-order valence-corrected chi connectivity index (χ4v) is 3.48. The Kier molecular flexibility index (Phi) is 5.64. The minimum atomic E-state index is 0.229. The smallest absolute Gasteiger partial charge is 0.220 e. The number of amides is 1. The van der Waals surface area contributed by atoms with Crippen LogP contribution in [0, 0.1) is 11.8 Å². The summed E-state index contributed by atoms with van der Waals surface area (Å²) >= 11 is 0. The van der Waals surface area contributed by atoms with Crippen LogP contribution in [0.3, 0.4) is 0 Å². The highest BCUT2D eigenvalue weighted by Crippen LogP contribution is 2.24. The van der Waals surface area contributed by atoms with Crippen LogP contribution >= 0.6 is 0 Å². The Morgan fingerprint density at radius 1 is 1.21 bits per heavy atom. The van der Waals surface area contributed by atoms with E-state index in [1.807, 2.05) is 0 Å². The van der Waals surface area contributed by atoms with E-state index in [2.05, 4.69) is 17.3 Å². The number of hydrogen-bond acceptors (Lipinski definition) is 3. The Hall–Kier alpha value is -0.610. The van der Waals surface area contributed by atoms with E-state index in [1.54, 1.807) is 0 Å². The van der Waals surface area contributed by atoms with Crippen LogP contribution in [0.1, 0.15) is 44.9 Å². The van der Waals surface area contributed by atoms with Crippen LogP contribution in [0.25, 0.3) is 0 Å². The minimum Gasteiger partial charge on any atom is -0.396 e. The van der Waals surface area contributed by atoms with Crippen molar-refractivity contribution < 1.29 is 9.90 Å². The van der Waals surface area contributed by atoms with E-state index in [-0.39, 0.29) is 5.91 Å². The summed E-state index contributed by atoms with van der Waals surface area (Å²) in [6, 6.07) is 0.344. The lowest BCUT2D eigenvalue weighted by atomic mass is 9.86. The van der Waals surface area contributed by atoms with E-state index in [9.17, 15) is 4.79 Å². The summed E-state index contributed by atoms with van der Waals surface area (Å²) in [6.07, 6.45) is 7.25. The molecule has 2 N–H and O–H groups in total. The van der Waals surface area contributed by atoms with Gasteiger partial charge in [0.15, 0.2) is 0 Å². The Morgan fingerprint density at radius 2 is 1.95 bits per heavy atom. The van der Waals surface area contributed by atoms with Gasteiger partial charge in [0.05, 0.1) is 0 Å². The molecule has 0 bridgehead atoms. The number of rotatable bonds is 4. The number of nitrogens with zero attached hydrogens (tertiary/aromatic N) is 1. The molecule has 2 rings (SSSR count). The first-order valence-electron chi connectivity index (χ1n) is 7.76. The fraction of sp³-hybridized carbons (Fsp3) is 0.933. The van der Waals surface area contributed by atoms with Crippen molar-refractivity contribution in [1.29, 1.82) is 0 Å². The third kappa shape index (κ3) is 4.77. The van der Waals surface area contributed by atoms with Crippen LogP contribution in [0.2, 0.25) is 0 Å². The molecule has 19 heavy (non-hydrogen) atoms. The zero-order valence-electron chi connectivity index (χ0n) is 12.1. The number of aliphatic hydroxyl groups excluding tert-OH is 1. The summed E-state index contributed by atoms with van der Waals surface area (Å²) in [5, 5.41) is 12.3. The number of carbonyl (C=O) groups is 1. The van der Waals surface area contributed by atoms with E-state index in [1.165, 1.54) is 19.4 Å². The Labute approximate surface area is 116 Å². The maximum atomic E-state index is 12.1. The fourth-order valence-electron chi connectivity index (χ4n) is 3.48. The minimum absolute atomic E-state index is 0.229. The average Bonchev–Trinajstić information content (AvgIpc) is 2.39. The molecule has 4 heteroatoms. The second kappa shape index (κ2) is 7.25. The molecule has 0 radical (unpaired) electrons. The van der Waals surface area contributed by atoms with Crippen molar-refractivity contribution in [1.82, 2.24) is 10.2 Å². The zero-order valence-corrected chi connectivity index (χ0v) is 12.1. The molecular weight excluding hydrogens is 240 g/mol. The van der Waals surface area contributed by atoms with E-state index in [4.69, 9.17) is 5.11 Å². The predicted octanol–water partition coefficient (Wildman–Crippen LogP) is 1.39. The molecule has 2 fully saturated rings. The molecule has 0 spiro atoms. The van der Waals surface area contributed by atoms with Gasteiger partial charge in [-0.3, -0.25) is 4.79 Å². The number of aliphatic hydroxyl groups is 1. The molecule has 1 atom stereocenters. The van der Waals surface area contributed by atoms with Crippen LogP contribution in [0.5, 0.6) is 0 Å². The standard InChI is InChI=1S/C15H28N2O2/c1-17-8-2-3-13(10-17)9-15(19)16-14-6-4-12(11-18)5-7-14/h12-14,18H,2-11H2,1H3,(H,16,19). The highest BCUT2D eigenvalue weighted by Gasteiger charge is 2.24. The van der Waals surface area contributed by atoms with Crippen LogP contribution in [-0.4, -0.2) is 48.7 Å². The Morgan fingerprint density at radius 3 is 2.58 bits per heavy atom. The van der Waals surface area contributed by atoms with Gasteiger partial charge >= 0.3 is 0 Å². The molecule has 1 aliphatic heterocycles. The second-order valence-corrected chi connectivity index (χ2v) is 6.44. The monoisotopic (exact) mass is 268 g/mol. The van der Waals surface area contributed by atoms with Crippen molar-refractivity contribution in [2.24, 2.45) is 11.8 Å². The van der Waals surface area contributed by atoms with Crippen LogP contribution in [0.4, 0.5) is 0 Å². The summed E-state index contributed by atoms with van der Waals surface area (Å²) in [5.41, 5.74) is 0. The number of nitrogens with one attached hydrogen (secondary N) is 1. The first-order chi connectivity index (χ1) is 9.17. The maximum Gasteiger partial charge on any atom is 0.220 e. The SMILES string of the molecule is CN1CCCC(CC(=O)NC2CCC(CO)CC2)C1. The quantitative estimate of drug-likeness (QED) is 0.810. The third-order valence-electron chi connectivity index (χ3n) is 4.67. The van der Waals surface area contributed by atoms with Gasteiger partial charge in [-0.05, 0) is 64.0 Å². The van der Waals surface area contributed by atoms with Gasteiger partial charge in [-0.25, -0.2) is 0 Å². The normalized spacial score (nSPS) is 33.1. The molecule has 1 heterocycles. The van der Waals surface area contributed by atoms with E-state index >= 15 is 0 Å². The van der Waals surface area contributed by atoms with Crippen molar-refractivity contribution in [3.8, 4) is 0 Å². The van der Waals surface area contributed by atoms with Crippen molar-refractivity contribution in [3.63, 3.8) is 0 Å². The van der Waals surface area contributed by atoms with Gasteiger partial charge in [0.25, 0.3) is 0 Å². The zero-order chi connectivity index (χ0) is 13.7. The van der Waals surface area contributed by atoms with E-state index in [0.717, 1.165) is 32.2 Å². The largest absolute Gasteiger partial charge is 0.396 e. The summed E-state index contributed by atoms with van der Waals surface area (Å²) in [6.45, 7) is 2.53. The predicted molar refractivity (Wildman–Crippen MR) is 75.8 cm³/mol. The number of piperidine rings is 1. The van der Waals surface area contributed by atoms with Crippen LogP contribution in [-0.2, 0) is 4.79 Å². The molecule has 1 saturated heterocycles. The Bertz CT molecular complexity index is 288. The summed E-state index contributed by atoms with van der Waals surface area (Å²) < 4.78 is 0. The lowest BCUT2D eigenvalue weighted by Gasteiger charge is -2.31. The molecular formula is C15H28N2O2. The molecule has 1 aliphatic carbocycles. The molecule has 110 valence electrons.